The van der Waals surface area contributed by atoms with Gasteiger partial charge in [0.1, 0.15) is 0 Å². The van der Waals surface area contributed by atoms with Crippen molar-refractivity contribution in [2.24, 2.45) is 7.05 Å². The quantitative estimate of drug-likeness (QED) is 0.628. The van der Waals surface area contributed by atoms with Gasteiger partial charge >= 0.3 is 0 Å². The highest BCUT2D eigenvalue weighted by Crippen LogP contribution is 2.16. The van der Waals surface area contributed by atoms with Crippen molar-refractivity contribution in [2.75, 3.05) is 0 Å². The normalized spacial score (nSPS) is 12.3. The topological polar surface area (TPSA) is 4.93 Å². The summed E-state index contributed by atoms with van der Waals surface area (Å²) in [5.41, 5.74) is 1.35. The highest BCUT2D eigenvalue weighted by molar-refractivity contribution is 6.90. The Kier molecular flexibility index (Phi) is 2.03. The molecule has 1 aromatic carbocycles. The van der Waals surface area contributed by atoms with Crippen LogP contribution in [0, 0.1) is 0 Å². The van der Waals surface area contributed by atoms with Gasteiger partial charge in [-0.05, 0) is 17.5 Å². The van der Waals surface area contributed by atoms with E-state index in [2.05, 4.69) is 61.7 Å². The predicted molar refractivity (Wildman–Crippen MR) is 65.9 cm³/mol. The van der Waals surface area contributed by atoms with E-state index in [0.717, 1.165) is 0 Å². The van der Waals surface area contributed by atoms with Crippen molar-refractivity contribution in [2.45, 2.75) is 19.6 Å². The second-order valence-corrected chi connectivity index (χ2v) is 9.95. The minimum absolute atomic E-state index is 1.20. The predicted octanol–water partition coefficient (Wildman–Crippen LogP) is 2.72. The average molecular weight is 203 g/mol. The molecular formula is C12H17NSi. The molecule has 2 rings (SSSR count). The van der Waals surface area contributed by atoms with Gasteiger partial charge in [-0.2, -0.15) is 0 Å². The van der Waals surface area contributed by atoms with Crippen LogP contribution in [-0.4, -0.2) is 12.6 Å². The molecule has 0 bridgehead atoms. The lowest BCUT2D eigenvalue weighted by Crippen LogP contribution is -2.37. The molecule has 0 aliphatic rings. The minimum atomic E-state index is -1.20. The van der Waals surface area contributed by atoms with Crippen molar-refractivity contribution in [3.05, 3.63) is 30.5 Å². The smallest absolute Gasteiger partial charge is 0.0784 e. The standard InChI is InChI=1S/C12H17NSi/c1-13-9-8-10-11(13)6-5-7-12(10)14(2,3)4/h5-9H,1-4H3. The third kappa shape index (κ3) is 1.40. The highest BCUT2D eigenvalue weighted by atomic mass is 28.3. The molecule has 14 heavy (non-hydrogen) atoms. The molecule has 1 heterocycles. The number of benzene rings is 1. The Morgan fingerprint density at radius 2 is 1.79 bits per heavy atom. The molecule has 2 aromatic rings. The highest BCUT2D eigenvalue weighted by Gasteiger charge is 2.19. The van der Waals surface area contributed by atoms with E-state index >= 15 is 0 Å². The zero-order chi connectivity index (χ0) is 10.3. The van der Waals surface area contributed by atoms with Gasteiger partial charge in [-0.1, -0.05) is 37.0 Å². The fourth-order valence-electron chi connectivity index (χ4n) is 1.96. The van der Waals surface area contributed by atoms with Crippen LogP contribution in [0.15, 0.2) is 30.5 Å². The third-order valence-corrected chi connectivity index (χ3v) is 4.79. The fraction of sp³-hybridized carbons (Fsp3) is 0.333. The molecule has 0 aliphatic heterocycles. The van der Waals surface area contributed by atoms with Gasteiger partial charge in [-0.25, -0.2) is 0 Å². The van der Waals surface area contributed by atoms with Gasteiger partial charge in [0.2, 0.25) is 0 Å². The first-order valence-electron chi connectivity index (χ1n) is 5.05. The second kappa shape index (κ2) is 2.99. The van der Waals surface area contributed by atoms with E-state index < -0.39 is 8.07 Å². The van der Waals surface area contributed by atoms with E-state index in [9.17, 15) is 0 Å². The van der Waals surface area contributed by atoms with Gasteiger partial charge in [-0.3, -0.25) is 0 Å². The van der Waals surface area contributed by atoms with Crippen molar-refractivity contribution in [3.63, 3.8) is 0 Å². The Morgan fingerprint density at radius 1 is 1.07 bits per heavy atom. The molecule has 2 heteroatoms. The first-order valence-corrected chi connectivity index (χ1v) is 8.55. The summed E-state index contributed by atoms with van der Waals surface area (Å²) in [6.07, 6.45) is 2.15. The van der Waals surface area contributed by atoms with E-state index in [1.54, 1.807) is 5.19 Å². The Labute approximate surface area is 86.4 Å². The summed E-state index contributed by atoms with van der Waals surface area (Å²) in [4.78, 5) is 0. The van der Waals surface area contributed by atoms with Gasteiger partial charge in [0.05, 0.1) is 8.07 Å². The lowest BCUT2D eigenvalue weighted by atomic mass is 10.2. The van der Waals surface area contributed by atoms with Crippen molar-refractivity contribution in [3.8, 4) is 0 Å². The van der Waals surface area contributed by atoms with Gasteiger partial charge in [0.15, 0.2) is 0 Å². The Bertz CT molecular complexity index is 463. The second-order valence-electron chi connectivity index (χ2n) is 4.92. The number of aromatic nitrogens is 1. The number of nitrogens with zero attached hydrogens (tertiary/aromatic N) is 1. The van der Waals surface area contributed by atoms with Crippen molar-refractivity contribution in [1.82, 2.24) is 4.57 Å². The average Bonchev–Trinajstić information content (AvgIpc) is 2.46. The molecule has 0 saturated carbocycles. The van der Waals surface area contributed by atoms with E-state index in [4.69, 9.17) is 0 Å². The molecule has 0 spiro atoms. The SMILES string of the molecule is Cn1ccc2c([Si](C)(C)C)cccc21. The zero-order valence-electron chi connectivity index (χ0n) is 9.33. The third-order valence-electron chi connectivity index (χ3n) is 2.74. The van der Waals surface area contributed by atoms with Crippen LogP contribution < -0.4 is 5.19 Å². The van der Waals surface area contributed by atoms with E-state index in [1.807, 2.05) is 0 Å². The Morgan fingerprint density at radius 3 is 2.43 bits per heavy atom. The fourth-order valence-corrected chi connectivity index (χ4v) is 3.57. The van der Waals surface area contributed by atoms with Crippen molar-refractivity contribution in [1.29, 1.82) is 0 Å². The maximum Gasteiger partial charge on any atom is 0.0784 e. The lowest BCUT2D eigenvalue weighted by molar-refractivity contribution is 0.969. The maximum absolute atomic E-state index is 2.40. The summed E-state index contributed by atoms with van der Waals surface area (Å²) in [5, 5.41) is 3.00. The molecule has 0 atom stereocenters. The first-order chi connectivity index (χ1) is 6.50. The number of fused-ring (bicyclic) bond motifs is 1. The largest absolute Gasteiger partial charge is 0.351 e. The molecule has 74 valence electrons. The summed E-state index contributed by atoms with van der Waals surface area (Å²) in [7, 11) is 0.910. The number of hydrogen-bond donors (Lipinski definition) is 0. The molecule has 1 aromatic heterocycles. The molecule has 0 N–H and O–H groups in total. The van der Waals surface area contributed by atoms with Gasteiger partial charge < -0.3 is 4.57 Å². The van der Waals surface area contributed by atoms with Crippen LogP contribution in [0.4, 0.5) is 0 Å². The van der Waals surface area contributed by atoms with Gasteiger partial charge in [0.25, 0.3) is 0 Å². The Balaban J connectivity index is 2.79. The Hall–Kier alpha value is -1.02. The van der Waals surface area contributed by atoms with Gasteiger partial charge in [-0.15, -0.1) is 0 Å². The van der Waals surface area contributed by atoms with Gasteiger partial charge in [0, 0.05) is 18.8 Å². The summed E-state index contributed by atoms with van der Waals surface area (Å²) in [6, 6.07) is 8.90. The van der Waals surface area contributed by atoms with Crippen LogP contribution in [-0.2, 0) is 7.05 Å². The monoisotopic (exact) mass is 203 g/mol. The van der Waals surface area contributed by atoms with Crippen LogP contribution in [0.2, 0.25) is 19.6 Å². The van der Waals surface area contributed by atoms with Crippen LogP contribution in [0.1, 0.15) is 0 Å². The zero-order valence-corrected chi connectivity index (χ0v) is 10.3. The first kappa shape index (κ1) is 9.53. The minimum Gasteiger partial charge on any atom is -0.351 e. The van der Waals surface area contributed by atoms with Crippen LogP contribution in [0.25, 0.3) is 10.9 Å². The number of rotatable bonds is 1. The molecular weight excluding hydrogens is 186 g/mol. The maximum atomic E-state index is 2.40. The molecule has 0 aliphatic carbocycles. The summed E-state index contributed by atoms with van der Waals surface area (Å²) >= 11 is 0. The molecule has 0 fully saturated rings. The van der Waals surface area contributed by atoms with Crippen LogP contribution >= 0.6 is 0 Å². The van der Waals surface area contributed by atoms with Crippen LogP contribution in [0.5, 0.6) is 0 Å². The van der Waals surface area contributed by atoms with Crippen molar-refractivity contribution >= 4 is 24.2 Å². The van der Waals surface area contributed by atoms with Crippen LogP contribution in [0.3, 0.4) is 0 Å². The summed E-state index contributed by atoms with van der Waals surface area (Å²) in [6.45, 7) is 7.19. The molecule has 0 saturated heterocycles. The molecule has 0 radical (unpaired) electrons. The summed E-state index contributed by atoms with van der Waals surface area (Å²) < 4.78 is 2.19. The molecule has 0 amide bonds. The van der Waals surface area contributed by atoms with E-state index in [1.165, 1.54) is 10.9 Å². The molecule has 0 unspecified atom stereocenters. The number of aryl methyl sites for hydroxylation is 1. The van der Waals surface area contributed by atoms with E-state index in [0.29, 0.717) is 0 Å². The van der Waals surface area contributed by atoms with E-state index in [-0.39, 0.29) is 0 Å². The lowest BCUT2D eigenvalue weighted by Gasteiger charge is -2.17. The van der Waals surface area contributed by atoms with Crippen molar-refractivity contribution < 1.29 is 0 Å². The number of hydrogen-bond acceptors (Lipinski definition) is 0. The molecule has 1 nitrogen and oxygen atoms in total. The summed E-state index contributed by atoms with van der Waals surface area (Å²) in [5.74, 6) is 0.